The summed E-state index contributed by atoms with van der Waals surface area (Å²) in [6.07, 6.45) is 11.0. The quantitative estimate of drug-likeness (QED) is 0.826. The molecule has 2 aliphatic carbocycles. The second kappa shape index (κ2) is 6.72. The molecule has 0 bridgehead atoms. The van der Waals surface area contributed by atoms with E-state index in [-0.39, 0.29) is 11.3 Å². The summed E-state index contributed by atoms with van der Waals surface area (Å²) < 4.78 is 0. The molecule has 0 aromatic heterocycles. The molecule has 2 N–H and O–H groups in total. The van der Waals surface area contributed by atoms with E-state index in [1.54, 1.807) is 0 Å². The lowest BCUT2D eigenvalue weighted by Crippen LogP contribution is -2.30. The van der Waals surface area contributed by atoms with Crippen molar-refractivity contribution in [1.82, 2.24) is 0 Å². The molecular weight excluding hydrogens is 272 g/mol. The molecular formula is C19H28N2O. The van der Waals surface area contributed by atoms with Gasteiger partial charge in [0.05, 0.1) is 0 Å². The molecule has 0 spiro atoms. The van der Waals surface area contributed by atoms with Crippen LogP contribution in [0.1, 0.15) is 64.7 Å². The van der Waals surface area contributed by atoms with Crippen LogP contribution in [0.4, 0.5) is 11.4 Å². The van der Waals surface area contributed by atoms with E-state index < -0.39 is 0 Å². The first kappa shape index (κ1) is 15.4. The largest absolute Gasteiger partial charge is 0.382 e. The highest BCUT2D eigenvalue weighted by Crippen LogP contribution is 2.38. The molecule has 2 saturated carbocycles. The van der Waals surface area contributed by atoms with E-state index >= 15 is 0 Å². The first-order chi connectivity index (χ1) is 10.7. The van der Waals surface area contributed by atoms with Crippen LogP contribution in [0.15, 0.2) is 24.3 Å². The van der Waals surface area contributed by atoms with Crippen molar-refractivity contribution < 1.29 is 4.79 Å². The fourth-order valence-electron chi connectivity index (χ4n) is 3.80. The van der Waals surface area contributed by atoms with Crippen molar-refractivity contribution in [2.45, 2.75) is 70.8 Å². The third-order valence-electron chi connectivity index (χ3n) is 5.37. The Balaban J connectivity index is 1.55. The van der Waals surface area contributed by atoms with Gasteiger partial charge >= 0.3 is 0 Å². The average molecular weight is 300 g/mol. The number of anilines is 2. The molecule has 1 aromatic rings. The van der Waals surface area contributed by atoms with Crippen LogP contribution in [-0.4, -0.2) is 11.9 Å². The number of benzene rings is 1. The smallest absolute Gasteiger partial charge is 0.230 e. The van der Waals surface area contributed by atoms with Gasteiger partial charge in [0.1, 0.15) is 0 Å². The minimum absolute atomic E-state index is 0.168. The Labute approximate surface area is 133 Å². The first-order valence-corrected chi connectivity index (χ1v) is 8.84. The van der Waals surface area contributed by atoms with Crippen LogP contribution in [-0.2, 0) is 4.79 Å². The zero-order valence-electron chi connectivity index (χ0n) is 13.7. The van der Waals surface area contributed by atoms with Gasteiger partial charge in [0.2, 0.25) is 5.91 Å². The number of carbonyl (C=O) groups is 1. The van der Waals surface area contributed by atoms with Crippen molar-refractivity contribution in [3.8, 4) is 0 Å². The number of hydrogen-bond acceptors (Lipinski definition) is 2. The lowest BCUT2D eigenvalue weighted by molar-refractivity contribution is -0.124. The Bertz CT molecular complexity index is 497. The number of rotatable bonds is 4. The van der Waals surface area contributed by atoms with Crippen LogP contribution in [0.2, 0.25) is 0 Å². The van der Waals surface area contributed by atoms with Crippen LogP contribution in [0, 0.1) is 5.41 Å². The van der Waals surface area contributed by atoms with Crippen molar-refractivity contribution in [3.05, 3.63) is 24.3 Å². The van der Waals surface area contributed by atoms with Gasteiger partial charge < -0.3 is 10.6 Å². The summed E-state index contributed by atoms with van der Waals surface area (Å²) in [5, 5.41) is 6.70. The molecule has 0 unspecified atom stereocenters. The molecule has 3 nitrogen and oxygen atoms in total. The van der Waals surface area contributed by atoms with E-state index in [9.17, 15) is 4.79 Å². The summed E-state index contributed by atoms with van der Waals surface area (Å²) >= 11 is 0. The van der Waals surface area contributed by atoms with Gasteiger partial charge in [0.25, 0.3) is 0 Å². The van der Waals surface area contributed by atoms with Crippen LogP contribution < -0.4 is 10.6 Å². The Morgan fingerprint density at radius 1 is 0.955 bits per heavy atom. The van der Waals surface area contributed by atoms with Gasteiger partial charge in [-0.3, -0.25) is 4.79 Å². The predicted octanol–water partition coefficient (Wildman–Crippen LogP) is 4.95. The molecule has 120 valence electrons. The number of hydrogen-bond donors (Lipinski definition) is 2. The SMILES string of the molecule is CC1(C(=O)Nc2ccc(NC3CCCCC3)cc2)CCCC1. The van der Waals surface area contributed by atoms with Crippen LogP contribution in [0.25, 0.3) is 0 Å². The summed E-state index contributed by atoms with van der Waals surface area (Å²) in [7, 11) is 0. The van der Waals surface area contributed by atoms with E-state index in [0.717, 1.165) is 24.2 Å². The van der Waals surface area contributed by atoms with Crippen molar-refractivity contribution in [2.75, 3.05) is 10.6 Å². The molecule has 0 saturated heterocycles. The summed E-state index contributed by atoms with van der Waals surface area (Å²) in [6.45, 7) is 2.09. The fraction of sp³-hybridized carbons (Fsp3) is 0.632. The van der Waals surface area contributed by atoms with Gasteiger partial charge in [-0.05, 0) is 49.9 Å². The third kappa shape index (κ3) is 3.63. The maximum atomic E-state index is 12.4. The summed E-state index contributed by atoms with van der Waals surface area (Å²) in [5.41, 5.74) is 1.91. The van der Waals surface area contributed by atoms with E-state index in [2.05, 4.69) is 29.7 Å². The summed E-state index contributed by atoms with van der Waals surface area (Å²) in [5.74, 6) is 0.179. The third-order valence-corrected chi connectivity index (χ3v) is 5.37. The summed E-state index contributed by atoms with van der Waals surface area (Å²) in [6, 6.07) is 8.82. The van der Waals surface area contributed by atoms with Crippen LogP contribution in [0.5, 0.6) is 0 Å². The Morgan fingerprint density at radius 2 is 1.55 bits per heavy atom. The van der Waals surface area contributed by atoms with E-state index in [0.29, 0.717) is 6.04 Å². The molecule has 1 aromatic carbocycles. The first-order valence-electron chi connectivity index (χ1n) is 8.84. The molecule has 2 fully saturated rings. The molecule has 1 amide bonds. The number of carbonyl (C=O) groups excluding carboxylic acids is 1. The Morgan fingerprint density at radius 3 is 2.18 bits per heavy atom. The zero-order chi connectivity index (χ0) is 15.4. The maximum absolute atomic E-state index is 12.4. The highest BCUT2D eigenvalue weighted by molar-refractivity contribution is 5.95. The Hall–Kier alpha value is -1.51. The summed E-state index contributed by atoms with van der Waals surface area (Å²) in [4.78, 5) is 12.4. The highest BCUT2D eigenvalue weighted by atomic mass is 16.2. The molecule has 0 radical (unpaired) electrons. The van der Waals surface area contributed by atoms with E-state index in [4.69, 9.17) is 0 Å². The molecule has 2 aliphatic rings. The minimum Gasteiger partial charge on any atom is -0.382 e. The standard InChI is InChI=1S/C19H28N2O/c1-19(13-5-6-14-19)18(22)21-17-11-9-16(10-12-17)20-15-7-3-2-4-8-15/h9-12,15,20H,2-8,13-14H2,1H3,(H,21,22). The van der Waals surface area contributed by atoms with Crippen LogP contribution >= 0.6 is 0 Å². The minimum atomic E-state index is -0.168. The molecule has 3 rings (SSSR count). The van der Waals surface area contributed by atoms with Gasteiger partial charge in [-0.2, -0.15) is 0 Å². The molecule has 22 heavy (non-hydrogen) atoms. The highest BCUT2D eigenvalue weighted by Gasteiger charge is 2.36. The number of amides is 1. The van der Waals surface area contributed by atoms with Gasteiger partial charge in [-0.25, -0.2) is 0 Å². The average Bonchev–Trinajstić information content (AvgIpc) is 2.98. The fourth-order valence-corrected chi connectivity index (χ4v) is 3.80. The topological polar surface area (TPSA) is 41.1 Å². The Kier molecular flexibility index (Phi) is 4.70. The maximum Gasteiger partial charge on any atom is 0.230 e. The normalized spacial score (nSPS) is 21.5. The number of nitrogens with one attached hydrogen (secondary N) is 2. The molecule has 0 heterocycles. The van der Waals surface area contributed by atoms with Crippen molar-refractivity contribution in [1.29, 1.82) is 0 Å². The van der Waals surface area contributed by atoms with Gasteiger partial charge in [-0.15, -0.1) is 0 Å². The van der Waals surface area contributed by atoms with Crippen molar-refractivity contribution in [2.24, 2.45) is 5.41 Å². The van der Waals surface area contributed by atoms with Crippen molar-refractivity contribution >= 4 is 17.3 Å². The molecule has 3 heteroatoms. The molecule has 0 aliphatic heterocycles. The lowest BCUT2D eigenvalue weighted by atomic mass is 9.88. The van der Waals surface area contributed by atoms with Gasteiger partial charge in [0.15, 0.2) is 0 Å². The lowest BCUT2D eigenvalue weighted by Gasteiger charge is -2.24. The van der Waals surface area contributed by atoms with Crippen LogP contribution in [0.3, 0.4) is 0 Å². The van der Waals surface area contributed by atoms with Gasteiger partial charge in [0, 0.05) is 22.8 Å². The molecule has 0 atom stereocenters. The van der Waals surface area contributed by atoms with E-state index in [1.807, 2.05) is 12.1 Å². The van der Waals surface area contributed by atoms with Crippen molar-refractivity contribution in [3.63, 3.8) is 0 Å². The second-order valence-electron chi connectivity index (χ2n) is 7.28. The predicted molar refractivity (Wildman–Crippen MR) is 92.1 cm³/mol. The zero-order valence-corrected chi connectivity index (χ0v) is 13.7. The second-order valence-corrected chi connectivity index (χ2v) is 7.28. The van der Waals surface area contributed by atoms with Gasteiger partial charge in [-0.1, -0.05) is 39.0 Å². The van der Waals surface area contributed by atoms with E-state index in [1.165, 1.54) is 44.9 Å². The monoisotopic (exact) mass is 300 g/mol.